The Kier molecular flexibility index (Phi) is 7.36. The second-order valence-electron chi connectivity index (χ2n) is 8.37. The number of hydrogen-bond donors (Lipinski definition) is 2. The molecular weight excluding hydrogens is 404 g/mol. The summed E-state index contributed by atoms with van der Waals surface area (Å²) < 4.78 is 0. The lowest BCUT2D eigenvalue weighted by Crippen LogP contribution is -2.47. The molecule has 4 rings (SSSR count). The average Bonchev–Trinajstić information content (AvgIpc) is 3.54. The van der Waals surface area contributed by atoms with Gasteiger partial charge in [0.15, 0.2) is 0 Å². The van der Waals surface area contributed by atoms with Gasteiger partial charge in [-0.3, -0.25) is 14.4 Å². The van der Waals surface area contributed by atoms with Crippen LogP contribution in [0.4, 0.5) is 0 Å². The number of hydrogen-bond acceptors (Lipinski definition) is 4. The van der Waals surface area contributed by atoms with Gasteiger partial charge in [-0.2, -0.15) is 0 Å². The van der Waals surface area contributed by atoms with Crippen LogP contribution in [-0.2, 0) is 9.59 Å². The molecule has 3 aliphatic rings. The average molecular weight is 435 g/mol. The number of benzene rings is 1. The number of amides is 3. The Morgan fingerprint density at radius 1 is 1.10 bits per heavy atom. The van der Waals surface area contributed by atoms with Gasteiger partial charge in [-0.05, 0) is 63.2 Å². The molecule has 1 aliphatic carbocycles. The molecule has 164 valence electrons. The van der Waals surface area contributed by atoms with Gasteiger partial charge in [-0.25, -0.2) is 0 Å². The van der Waals surface area contributed by atoms with Crippen molar-refractivity contribution in [2.45, 2.75) is 44.2 Å². The first-order valence-electron chi connectivity index (χ1n) is 10.7. The molecule has 1 unspecified atom stereocenters. The molecule has 0 spiro atoms. The third kappa shape index (κ3) is 4.62. The fourth-order valence-corrected chi connectivity index (χ4v) is 4.52. The van der Waals surface area contributed by atoms with Gasteiger partial charge < -0.3 is 20.4 Å². The molecule has 2 fully saturated rings. The third-order valence-electron chi connectivity index (χ3n) is 6.37. The van der Waals surface area contributed by atoms with Gasteiger partial charge in [0.05, 0.1) is 6.54 Å². The summed E-state index contributed by atoms with van der Waals surface area (Å²) in [6.07, 6.45) is 5.04. The summed E-state index contributed by atoms with van der Waals surface area (Å²) in [6, 6.07) is 6.82. The Hall–Kier alpha value is -2.12. The summed E-state index contributed by atoms with van der Waals surface area (Å²) in [5.74, 6) is 0.292. The summed E-state index contributed by atoms with van der Waals surface area (Å²) in [5, 5.41) is 5.99. The highest BCUT2D eigenvalue weighted by Gasteiger charge is 2.47. The van der Waals surface area contributed by atoms with Crippen molar-refractivity contribution in [2.75, 3.05) is 33.2 Å². The predicted molar refractivity (Wildman–Crippen MR) is 116 cm³/mol. The van der Waals surface area contributed by atoms with Gasteiger partial charge in [0.2, 0.25) is 11.8 Å². The van der Waals surface area contributed by atoms with E-state index in [-0.39, 0.29) is 42.7 Å². The molecule has 8 heteroatoms. The van der Waals surface area contributed by atoms with E-state index in [1.54, 1.807) is 11.0 Å². The Bertz CT molecular complexity index is 790. The maximum absolute atomic E-state index is 13.0. The molecule has 1 atom stereocenters. The van der Waals surface area contributed by atoms with Crippen LogP contribution >= 0.6 is 12.4 Å². The van der Waals surface area contributed by atoms with Gasteiger partial charge in [0, 0.05) is 24.7 Å². The van der Waals surface area contributed by atoms with Crippen LogP contribution in [0.25, 0.3) is 0 Å². The summed E-state index contributed by atoms with van der Waals surface area (Å²) in [5.41, 5.74) is 1.36. The van der Waals surface area contributed by atoms with Crippen molar-refractivity contribution in [3.05, 3.63) is 35.4 Å². The van der Waals surface area contributed by atoms with Crippen LogP contribution in [0.2, 0.25) is 0 Å². The molecule has 1 saturated carbocycles. The van der Waals surface area contributed by atoms with Crippen LogP contribution in [0, 0.1) is 5.92 Å². The summed E-state index contributed by atoms with van der Waals surface area (Å²) in [4.78, 5) is 41.9. The quantitative estimate of drug-likeness (QED) is 0.684. The van der Waals surface area contributed by atoms with Gasteiger partial charge in [-0.15, -0.1) is 12.4 Å². The van der Waals surface area contributed by atoms with Crippen LogP contribution in [-0.4, -0.2) is 66.8 Å². The molecule has 0 radical (unpaired) electrons. The molecule has 1 saturated heterocycles. The SMILES string of the molecule is CNCCC1CCN(C(=O)CNC(=O)C2c3ccccc3C(=O)N2C2CC2)CC1.Cl. The third-order valence-corrected chi connectivity index (χ3v) is 6.37. The maximum Gasteiger partial charge on any atom is 0.255 e. The highest BCUT2D eigenvalue weighted by atomic mass is 35.5. The summed E-state index contributed by atoms with van der Waals surface area (Å²) in [7, 11) is 1.96. The topological polar surface area (TPSA) is 81.8 Å². The minimum atomic E-state index is -0.619. The Balaban J connectivity index is 0.00000256. The van der Waals surface area contributed by atoms with E-state index in [4.69, 9.17) is 0 Å². The van der Waals surface area contributed by atoms with E-state index in [1.165, 1.54) is 0 Å². The minimum Gasteiger partial charge on any atom is -0.345 e. The van der Waals surface area contributed by atoms with E-state index in [0.717, 1.165) is 57.3 Å². The van der Waals surface area contributed by atoms with Crippen molar-refractivity contribution in [2.24, 2.45) is 5.92 Å². The van der Waals surface area contributed by atoms with Crippen molar-refractivity contribution in [1.82, 2.24) is 20.4 Å². The van der Waals surface area contributed by atoms with Crippen molar-refractivity contribution in [3.63, 3.8) is 0 Å². The molecule has 3 amide bonds. The molecule has 2 aliphatic heterocycles. The Morgan fingerprint density at radius 3 is 2.47 bits per heavy atom. The number of nitrogens with one attached hydrogen (secondary N) is 2. The molecule has 2 N–H and O–H groups in total. The van der Waals surface area contributed by atoms with E-state index < -0.39 is 6.04 Å². The van der Waals surface area contributed by atoms with E-state index in [9.17, 15) is 14.4 Å². The molecule has 1 aromatic rings. The molecule has 2 heterocycles. The molecule has 30 heavy (non-hydrogen) atoms. The maximum atomic E-state index is 13.0. The van der Waals surface area contributed by atoms with E-state index in [0.29, 0.717) is 11.5 Å². The highest BCUT2D eigenvalue weighted by Crippen LogP contribution is 2.41. The zero-order valence-corrected chi connectivity index (χ0v) is 18.2. The second kappa shape index (κ2) is 9.79. The minimum absolute atomic E-state index is 0. The fraction of sp³-hybridized carbons (Fsp3) is 0.591. The standard InChI is InChI=1S/C22H30N4O3.ClH/c1-23-11-8-15-9-12-25(13-10-15)19(27)14-24-21(28)20-17-4-2-3-5-18(17)22(29)26(20)16-6-7-16;/h2-5,15-16,20,23H,6-14H2,1H3,(H,24,28);1H. The van der Waals surface area contributed by atoms with Crippen molar-refractivity contribution < 1.29 is 14.4 Å². The van der Waals surface area contributed by atoms with Crippen molar-refractivity contribution in [1.29, 1.82) is 0 Å². The largest absolute Gasteiger partial charge is 0.345 e. The van der Waals surface area contributed by atoms with Gasteiger partial charge >= 0.3 is 0 Å². The first kappa shape index (κ1) is 22.6. The first-order chi connectivity index (χ1) is 14.1. The summed E-state index contributed by atoms with van der Waals surface area (Å²) in [6.45, 7) is 2.50. The van der Waals surface area contributed by atoms with Crippen LogP contribution in [0.15, 0.2) is 24.3 Å². The van der Waals surface area contributed by atoms with Gasteiger partial charge in [0.1, 0.15) is 6.04 Å². The second-order valence-corrected chi connectivity index (χ2v) is 8.37. The number of piperidine rings is 1. The number of fused-ring (bicyclic) bond motifs is 1. The fourth-order valence-electron chi connectivity index (χ4n) is 4.52. The van der Waals surface area contributed by atoms with Crippen LogP contribution in [0.3, 0.4) is 0 Å². The number of likely N-dealkylation sites (tertiary alicyclic amines) is 1. The normalized spacial score (nSPS) is 21.2. The van der Waals surface area contributed by atoms with Crippen LogP contribution in [0.5, 0.6) is 0 Å². The zero-order chi connectivity index (χ0) is 20.4. The van der Waals surface area contributed by atoms with Crippen LogP contribution < -0.4 is 10.6 Å². The number of carbonyl (C=O) groups is 3. The lowest BCUT2D eigenvalue weighted by atomic mass is 9.93. The lowest BCUT2D eigenvalue weighted by molar-refractivity contribution is -0.135. The molecule has 7 nitrogen and oxygen atoms in total. The number of nitrogens with zero attached hydrogens (tertiary/aromatic N) is 2. The Morgan fingerprint density at radius 2 is 1.80 bits per heavy atom. The number of carbonyl (C=O) groups excluding carboxylic acids is 3. The van der Waals surface area contributed by atoms with Crippen LogP contribution in [0.1, 0.15) is 54.1 Å². The number of halogens is 1. The monoisotopic (exact) mass is 434 g/mol. The molecule has 1 aromatic carbocycles. The molecule has 0 aromatic heterocycles. The first-order valence-corrected chi connectivity index (χ1v) is 10.7. The Labute approximate surface area is 184 Å². The van der Waals surface area contributed by atoms with Crippen molar-refractivity contribution in [3.8, 4) is 0 Å². The lowest BCUT2D eigenvalue weighted by Gasteiger charge is -2.32. The van der Waals surface area contributed by atoms with E-state index >= 15 is 0 Å². The smallest absolute Gasteiger partial charge is 0.255 e. The molecular formula is C22H31ClN4O3. The van der Waals surface area contributed by atoms with Crippen molar-refractivity contribution >= 4 is 30.1 Å². The predicted octanol–water partition coefficient (Wildman–Crippen LogP) is 1.73. The summed E-state index contributed by atoms with van der Waals surface area (Å²) >= 11 is 0. The zero-order valence-electron chi connectivity index (χ0n) is 17.4. The number of rotatable bonds is 7. The van der Waals surface area contributed by atoms with Gasteiger partial charge in [0.25, 0.3) is 5.91 Å². The van der Waals surface area contributed by atoms with E-state index in [2.05, 4.69) is 10.6 Å². The van der Waals surface area contributed by atoms with Gasteiger partial charge in [-0.1, -0.05) is 18.2 Å². The highest BCUT2D eigenvalue weighted by molar-refractivity contribution is 6.05. The molecule has 0 bridgehead atoms. The van der Waals surface area contributed by atoms with E-state index in [1.807, 2.05) is 30.1 Å².